The second-order valence-electron chi connectivity index (χ2n) is 4.59. The number of nitriles is 1. The molecule has 0 saturated carbocycles. The maximum Gasteiger partial charge on any atom is 0.230 e. The van der Waals surface area contributed by atoms with Gasteiger partial charge in [-0.3, -0.25) is 0 Å². The molecule has 1 aromatic carbocycles. The maximum absolute atomic E-state index is 9.41. The van der Waals surface area contributed by atoms with Crippen LogP contribution in [0.2, 0.25) is 5.02 Å². The number of aromatic nitrogens is 3. The third-order valence-corrected chi connectivity index (χ3v) is 2.99. The standard InChI is InChI=1S/C14H13ClN6O/c1-21(2)14-19-12(18-13(17)20-14)9(7-16)5-8-3-4-11(22)10(15)6-8/h3-6,22H,1-2H3,(H2,17,18,19,20). The Morgan fingerprint density at radius 1 is 1.36 bits per heavy atom. The zero-order chi connectivity index (χ0) is 16.3. The van der Waals surface area contributed by atoms with Crippen LogP contribution >= 0.6 is 11.6 Å². The van der Waals surface area contributed by atoms with Gasteiger partial charge in [-0.1, -0.05) is 17.7 Å². The van der Waals surface area contributed by atoms with Crippen molar-refractivity contribution in [1.82, 2.24) is 15.0 Å². The van der Waals surface area contributed by atoms with Crippen LogP contribution in [-0.4, -0.2) is 34.2 Å². The average molecular weight is 317 g/mol. The molecule has 0 aliphatic heterocycles. The van der Waals surface area contributed by atoms with Crippen molar-refractivity contribution in [3.05, 3.63) is 34.6 Å². The molecule has 0 spiro atoms. The summed E-state index contributed by atoms with van der Waals surface area (Å²) in [6.45, 7) is 0. The van der Waals surface area contributed by atoms with Crippen LogP contribution in [0.1, 0.15) is 11.4 Å². The summed E-state index contributed by atoms with van der Waals surface area (Å²) in [4.78, 5) is 13.8. The van der Waals surface area contributed by atoms with Gasteiger partial charge in [0.1, 0.15) is 11.8 Å². The first-order valence-electron chi connectivity index (χ1n) is 6.20. The van der Waals surface area contributed by atoms with E-state index in [9.17, 15) is 10.4 Å². The molecule has 22 heavy (non-hydrogen) atoms. The Balaban J connectivity index is 2.50. The van der Waals surface area contributed by atoms with Gasteiger partial charge >= 0.3 is 0 Å². The minimum atomic E-state index is -0.0309. The largest absolute Gasteiger partial charge is 0.506 e. The van der Waals surface area contributed by atoms with Crippen LogP contribution < -0.4 is 10.6 Å². The number of phenols is 1. The number of phenolic OH excluding ortho intramolecular Hbond substituents is 1. The fraction of sp³-hybridized carbons (Fsp3) is 0.143. The van der Waals surface area contributed by atoms with Crippen LogP contribution in [0.15, 0.2) is 18.2 Å². The molecule has 112 valence electrons. The quantitative estimate of drug-likeness (QED) is 0.832. The summed E-state index contributed by atoms with van der Waals surface area (Å²) in [5.74, 6) is 0.519. The molecule has 7 nitrogen and oxygen atoms in total. The normalized spacial score (nSPS) is 11.1. The Morgan fingerprint density at radius 2 is 2.09 bits per heavy atom. The third-order valence-electron chi connectivity index (χ3n) is 2.68. The Kier molecular flexibility index (Phi) is 4.44. The SMILES string of the molecule is CN(C)c1nc(N)nc(C(C#N)=Cc2ccc(O)c(Cl)c2)n1. The first-order valence-corrected chi connectivity index (χ1v) is 6.58. The van der Waals surface area contributed by atoms with Crippen molar-refractivity contribution in [3.63, 3.8) is 0 Å². The lowest BCUT2D eigenvalue weighted by molar-refractivity contribution is 0.475. The summed E-state index contributed by atoms with van der Waals surface area (Å²) in [7, 11) is 3.52. The molecule has 2 aromatic rings. The average Bonchev–Trinajstić information content (AvgIpc) is 2.47. The number of nitrogen functional groups attached to an aromatic ring is 1. The molecule has 0 radical (unpaired) electrons. The van der Waals surface area contributed by atoms with Gasteiger partial charge in [-0.05, 0) is 23.8 Å². The van der Waals surface area contributed by atoms with E-state index in [1.165, 1.54) is 12.1 Å². The molecule has 3 N–H and O–H groups in total. The number of benzene rings is 1. The van der Waals surface area contributed by atoms with E-state index in [1.54, 1.807) is 31.1 Å². The summed E-state index contributed by atoms with van der Waals surface area (Å²) in [6, 6.07) is 6.62. The second-order valence-corrected chi connectivity index (χ2v) is 5.00. The first kappa shape index (κ1) is 15.5. The molecule has 1 aromatic heterocycles. The van der Waals surface area contributed by atoms with Gasteiger partial charge in [0.05, 0.1) is 10.6 Å². The monoisotopic (exact) mass is 316 g/mol. The Bertz CT molecular complexity index is 781. The molecular formula is C14H13ClN6O. The van der Waals surface area contributed by atoms with Crippen molar-refractivity contribution in [2.45, 2.75) is 0 Å². The summed E-state index contributed by atoms with van der Waals surface area (Å²) in [5.41, 5.74) is 6.48. The molecule has 8 heteroatoms. The lowest BCUT2D eigenvalue weighted by Gasteiger charge is -2.11. The van der Waals surface area contributed by atoms with Crippen LogP contribution in [0.5, 0.6) is 5.75 Å². The Morgan fingerprint density at radius 3 is 2.68 bits per heavy atom. The van der Waals surface area contributed by atoms with Crippen molar-refractivity contribution in [1.29, 1.82) is 5.26 Å². The molecule has 2 rings (SSSR count). The molecular weight excluding hydrogens is 304 g/mol. The van der Waals surface area contributed by atoms with Gasteiger partial charge in [0.2, 0.25) is 11.9 Å². The van der Waals surface area contributed by atoms with Crippen molar-refractivity contribution in [2.24, 2.45) is 0 Å². The molecule has 0 aliphatic rings. The van der Waals surface area contributed by atoms with Crippen molar-refractivity contribution in [2.75, 3.05) is 24.7 Å². The number of halogens is 1. The summed E-state index contributed by atoms with van der Waals surface area (Å²) in [5, 5.41) is 18.9. The molecule has 0 fully saturated rings. The van der Waals surface area contributed by atoms with Crippen molar-refractivity contribution in [3.8, 4) is 11.8 Å². The van der Waals surface area contributed by atoms with Crippen molar-refractivity contribution < 1.29 is 5.11 Å². The zero-order valence-electron chi connectivity index (χ0n) is 11.9. The highest BCUT2D eigenvalue weighted by Gasteiger charge is 2.11. The number of hydrogen-bond donors (Lipinski definition) is 2. The molecule has 0 aliphatic carbocycles. The van der Waals surface area contributed by atoms with E-state index >= 15 is 0 Å². The van der Waals surface area contributed by atoms with Crippen LogP contribution in [0.4, 0.5) is 11.9 Å². The molecule has 0 amide bonds. The third kappa shape index (κ3) is 3.42. The van der Waals surface area contributed by atoms with E-state index in [-0.39, 0.29) is 28.1 Å². The highest BCUT2D eigenvalue weighted by Crippen LogP contribution is 2.26. The lowest BCUT2D eigenvalue weighted by atomic mass is 10.1. The van der Waals surface area contributed by atoms with E-state index in [1.807, 2.05) is 6.07 Å². The number of allylic oxidation sites excluding steroid dienone is 1. The first-order chi connectivity index (χ1) is 10.4. The van der Waals surface area contributed by atoms with E-state index in [2.05, 4.69) is 15.0 Å². The predicted octanol–water partition coefficient (Wildman–Crippen LogP) is 1.94. The van der Waals surface area contributed by atoms with Gasteiger partial charge in [-0.15, -0.1) is 0 Å². The number of aromatic hydroxyl groups is 1. The van der Waals surface area contributed by atoms with Crippen LogP contribution in [0.25, 0.3) is 11.6 Å². The fourth-order valence-electron chi connectivity index (χ4n) is 1.63. The van der Waals surface area contributed by atoms with E-state index < -0.39 is 0 Å². The minimum Gasteiger partial charge on any atom is -0.506 e. The zero-order valence-corrected chi connectivity index (χ0v) is 12.7. The minimum absolute atomic E-state index is 0.0265. The Labute approximate surface area is 132 Å². The van der Waals surface area contributed by atoms with Crippen LogP contribution in [-0.2, 0) is 0 Å². The number of nitrogens with zero attached hydrogens (tertiary/aromatic N) is 5. The Hall–Kier alpha value is -2.85. The van der Waals surface area contributed by atoms with Gasteiger partial charge < -0.3 is 15.7 Å². The molecule has 0 unspecified atom stereocenters. The van der Waals surface area contributed by atoms with Gasteiger partial charge in [-0.25, -0.2) is 0 Å². The van der Waals surface area contributed by atoms with E-state index in [0.717, 1.165) is 0 Å². The van der Waals surface area contributed by atoms with Crippen LogP contribution in [0, 0.1) is 11.3 Å². The fourth-order valence-corrected chi connectivity index (χ4v) is 1.82. The number of nitrogens with two attached hydrogens (primary N) is 1. The number of rotatable bonds is 3. The number of anilines is 2. The van der Waals surface area contributed by atoms with Gasteiger partial charge in [0, 0.05) is 14.1 Å². The summed E-state index contributed by atoms with van der Waals surface area (Å²) in [6.07, 6.45) is 1.56. The molecule has 1 heterocycles. The lowest BCUT2D eigenvalue weighted by Crippen LogP contribution is -2.15. The van der Waals surface area contributed by atoms with Gasteiger partial charge in [-0.2, -0.15) is 20.2 Å². The van der Waals surface area contributed by atoms with E-state index in [4.69, 9.17) is 17.3 Å². The van der Waals surface area contributed by atoms with Gasteiger partial charge in [0.15, 0.2) is 5.82 Å². The predicted molar refractivity (Wildman–Crippen MR) is 85.2 cm³/mol. The van der Waals surface area contributed by atoms with Crippen molar-refractivity contribution >= 4 is 35.1 Å². The number of hydrogen-bond acceptors (Lipinski definition) is 7. The summed E-state index contributed by atoms with van der Waals surface area (Å²) < 4.78 is 0. The molecule has 0 bridgehead atoms. The maximum atomic E-state index is 9.41. The summed E-state index contributed by atoms with van der Waals surface area (Å²) >= 11 is 5.85. The van der Waals surface area contributed by atoms with Gasteiger partial charge in [0.25, 0.3) is 0 Å². The molecule has 0 saturated heterocycles. The van der Waals surface area contributed by atoms with Crippen LogP contribution in [0.3, 0.4) is 0 Å². The van der Waals surface area contributed by atoms with E-state index in [0.29, 0.717) is 11.5 Å². The highest BCUT2D eigenvalue weighted by atomic mass is 35.5. The molecule has 0 atom stereocenters. The highest BCUT2D eigenvalue weighted by molar-refractivity contribution is 6.32. The topological polar surface area (TPSA) is 112 Å². The smallest absolute Gasteiger partial charge is 0.230 e. The second kappa shape index (κ2) is 6.28.